The SMILES string of the molecule is CCCCC(CCc1ccc(OC)c2nc(OC)sc12)C(=O)N(N)CCc1ccccc1. The van der Waals surface area contributed by atoms with Crippen LogP contribution < -0.4 is 15.3 Å². The summed E-state index contributed by atoms with van der Waals surface area (Å²) >= 11 is 1.51. The topological polar surface area (TPSA) is 77.7 Å². The molecule has 0 fully saturated rings. The number of unbranched alkanes of at least 4 members (excludes halogenated alkanes) is 1. The van der Waals surface area contributed by atoms with E-state index in [0.29, 0.717) is 11.7 Å². The van der Waals surface area contributed by atoms with Crippen LogP contribution in [0.3, 0.4) is 0 Å². The van der Waals surface area contributed by atoms with E-state index < -0.39 is 0 Å². The lowest BCUT2D eigenvalue weighted by molar-refractivity contribution is -0.136. The fourth-order valence-corrected chi connectivity index (χ4v) is 4.81. The van der Waals surface area contributed by atoms with E-state index in [2.05, 4.69) is 30.1 Å². The molecule has 1 aromatic heterocycles. The van der Waals surface area contributed by atoms with Crippen molar-refractivity contribution in [3.8, 4) is 10.9 Å². The van der Waals surface area contributed by atoms with Gasteiger partial charge in [-0.05, 0) is 42.9 Å². The Morgan fingerprint density at radius 1 is 1.09 bits per heavy atom. The van der Waals surface area contributed by atoms with Gasteiger partial charge in [-0.2, -0.15) is 4.98 Å². The number of thiazole rings is 1. The van der Waals surface area contributed by atoms with Crippen molar-refractivity contribution in [2.75, 3.05) is 20.8 Å². The Morgan fingerprint density at radius 3 is 2.56 bits per heavy atom. The van der Waals surface area contributed by atoms with Crippen molar-refractivity contribution < 1.29 is 14.3 Å². The molecule has 1 unspecified atom stereocenters. The van der Waals surface area contributed by atoms with E-state index in [1.807, 2.05) is 24.3 Å². The molecule has 2 aromatic carbocycles. The maximum absolute atomic E-state index is 13.2. The van der Waals surface area contributed by atoms with Gasteiger partial charge in [-0.25, -0.2) is 5.84 Å². The summed E-state index contributed by atoms with van der Waals surface area (Å²) in [4.78, 5) is 17.7. The van der Waals surface area contributed by atoms with Crippen molar-refractivity contribution in [1.29, 1.82) is 0 Å². The van der Waals surface area contributed by atoms with Crippen molar-refractivity contribution in [1.82, 2.24) is 9.99 Å². The molecule has 1 atom stereocenters. The third kappa shape index (κ3) is 5.99. The fourth-order valence-electron chi connectivity index (χ4n) is 3.88. The first-order valence-electron chi connectivity index (χ1n) is 11.2. The molecule has 0 radical (unpaired) electrons. The third-order valence-corrected chi connectivity index (χ3v) is 6.84. The second-order valence-electron chi connectivity index (χ2n) is 7.93. The molecule has 0 spiro atoms. The van der Waals surface area contributed by atoms with Gasteiger partial charge in [-0.15, -0.1) is 0 Å². The summed E-state index contributed by atoms with van der Waals surface area (Å²) in [6, 6.07) is 14.1. The van der Waals surface area contributed by atoms with Gasteiger partial charge < -0.3 is 9.47 Å². The zero-order valence-corrected chi connectivity index (χ0v) is 20.0. The zero-order valence-electron chi connectivity index (χ0n) is 19.2. The molecule has 32 heavy (non-hydrogen) atoms. The van der Waals surface area contributed by atoms with Gasteiger partial charge in [0.1, 0.15) is 11.3 Å². The molecule has 3 aromatic rings. The number of aromatic nitrogens is 1. The molecule has 0 bridgehead atoms. The number of carbonyl (C=O) groups is 1. The molecule has 0 saturated carbocycles. The van der Waals surface area contributed by atoms with Crippen molar-refractivity contribution in [2.45, 2.75) is 45.4 Å². The molecule has 6 nitrogen and oxygen atoms in total. The molecular formula is C25H33N3O3S. The predicted octanol–water partition coefficient (Wildman–Crippen LogP) is 5.00. The van der Waals surface area contributed by atoms with Gasteiger partial charge >= 0.3 is 0 Å². The van der Waals surface area contributed by atoms with Gasteiger partial charge in [0.05, 0.1) is 18.9 Å². The Hall–Kier alpha value is -2.64. The lowest BCUT2D eigenvalue weighted by Gasteiger charge is -2.23. The largest absolute Gasteiger partial charge is 0.494 e. The highest BCUT2D eigenvalue weighted by atomic mass is 32.1. The van der Waals surface area contributed by atoms with Crippen LogP contribution in [0.1, 0.15) is 43.7 Å². The molecular weight excluding hydrogens is 422 g/mol. The number of ether oxygens (including phenoxy) is 2. The van der Waals surface area contributed by atoms with Crippen LogP contribution in [0.5, 0.6) is 10.9 Å². The van der Waals surface area contributed by atoms with Gasteiger partial charge in [0.25, 0.3) is 5.19 Å². The number of methoxy groups -OCH3 is 2. The molecule has 0 saturated heterocycles. The van der Waals surface area contributed by atoms with E-state index in [4.69, 9.17) is 15.3 Å². The van der Waals surface area contributed by atoms with Gasteiger partial charge in [0.2, 0.25) is 5.91 Å². The Morgan fingerprint density at radius 2 is 1.88 bits per heavy atom. The van der Waals surface area contributed by atoms with Crippen LogP contribution in [0.15, 0.2) is 42.5 Å². The number of nitrogens with two attached hydrogens (primary N) is 1. The summed E-state index contributed by atoms with van der Waals surface area (Å²) in [6.45, 7) is 2.66. The quantitative estimate of drug-likeness (QED) is 0.236. The minimum absolute atomic E-state index is 0.0287. The Labute approximate surface area is 194 Å². The lowest BCUT2D eigenvalue weighted by atomic mass is 9.93. The van der Waals surface area contributed by atoms with Gasteiger partial charge in [-0.3, -0.25) is 9.80 Å². The van der Waals surface area contributed by atoms with E-state index in [1.165, 1.54) is 21.9 Å². The van der Waals surface area contributed by atoms with E-state index >= 15 is 0 Å². The average Bonchev–Trinajstić information content (AvgIpc) is 3.27. The number of amides is 1. The second-order valence-corrected chi connectivity index (χ2v) is 8.90. The number of hydrogen-bond acceptors (Lipinski definition) is 6. The normalized spacial score (nSPS) is 12.0. The summed E-state index contributed by atoms with van der Waals surface area (Å²) in [5.41, 5.74) is 3.15. The molecule has 0 aliphatic carbocycles. The lowest BCUT2D eigenvalue weighted by Crippen LogP contribution is -2.43. The van der Waals surface area contributed by atoms with Gasteiger partial charge in [0.15, 0.2) is 0 Å². The molecule has 2 N–H and O–H groups in total. The van der Waals surface area contributed by atoms with Crippen LogP contribution in [0.4, 0.5) is 0 Å². The van der Waals surface area contributed by atoms with Crippen molar-refractivity contribution in [3.05, 3.63) is 53.6 Å². The summed E-state index contributed by atoms with van der Waals surface area (Å²) < 4.78 is 11.9. The second kappa shape index (κ2) is 11.8. The Balaban J connectivity index is 1.70. The maximum atomic E-state index is 13.2. The number of nitrogens with zero attached hydrogens (tertiary/aromatic N) is 2. The number of carbonyl (C=O) groups excluding carboxylic acids is 1. The highest BCUT2D eigenvalue weighted by Gasteiger charge is 2.23. The van der Waals surface area contributed by atoms with Crippen LogP contribution in [0.25, 0.3) is 10.2 Å². The van der Waals surface area contributed by atoms with Crippen LogP contribution in [-0.4, -0.2) is 36.7 Å². The smallest absolute Gasteiger partial charge is 0.274 e. The van der Waals surface area contributed by atoms with Crippen molar-refractivity contribution >= 4 is 27.5 Å². The predicted molar refractivity (Wildman–Crippen MR) is 130 cm³/mol. The summed E-state index contributed by atoms with van der Waals surface area (Å²) in [7, 11) is 3.26. The van der Waals surface area contributed by atoms with Crippen LogP contribution in [0, 0.1) is 5.92 Å². The molecule has 0 aliphatic heterocycles. The van der Waals surface area contributed by atoms with Crippen molar-refractivity contribution in [2.24, 2.45) is 11.8 Å². The van der Waals surface area contributed by atoms with E-state index in [-0.39, 0.29) is 11.8 Å². The molecule has 0 aliphatic rings. The van der Waals surface area contributed by atoms with Gasteiger partial charge in [0, 0.05) is 12.5 Å². The number of benzene rings is 2. The number of aryl methyl sites for hydroxylation is 1. The van der Waals surface area contributed by atoms with Crippen LogP contribution in [-0.2, 0) is 17.6 Å². The number of fused-ring (bicyclic) bond motifs is 1. The number of rotatable bonds is 12. The van der Waals surface area contributed by atoms with Crippen LogP contribution in [0.2, 0.25) is 0 Å². The molecule has 1 amide bonds. The van der Waals surface area contributed by atoms with Crippen molar-refractivity contribution in [3.63, 3.8) is 0 Å². The molecule has 1 heterocycles. The fraction of sp³-hybridized carbons (Fsp3) is 0.440. The molecule has 3 rings (SSSR count). The minimum atomic E-state index is -0.0947. The minimum Gasteiger partial charge on any atom is -0.494 e. The summed E-state index contributed by atoms with van der Waals surface area (Å²) in [5, 5.41) is 2.02. The number of hydrazine groups is 1. The van der Waals surface area contributed by atoms with Gasteiger partial charge in [-0.1, -0.05) is 67.5 Å². The summed E-state index contributed by atoms with van der Waals surface area (Å²) in [6.07, 6.45) is 5.19. The first kappa shape index (κ1) is 24.0. The molecule has 7 heteroatoms. The maximum Gasteiger partial charge on any atom is 0.274 e. The first-order chi connectivity index (χ1) is 15.6. The van der Waals surface area contributed by atoms with E-state index in [0.717, 1.165) is 60.1 Å². The Bertz CT molecular complexity index is 1010. The standard InChI is InChI=1S/C25H33N3O3S/c1-4-5-11-20(24(29)28(26)17-16-18-9-7-6-8-10-18)13-12-19-14-15-21(30-2)22-23(19)32-25(27-22)31-3/h6-10,14-15,20H,4-5,11-13,16-17,26H2,1-3H3. The first-order valence-corrected chi connectivity index (χ1v) is 12.0. The summed E-state index contributed by atoms with van der Waals surface area (Å²) in [5.74, 6) is 6.87. The third-order valence-electron chi connectivity index (χ3n) is 5.75. The zero-order chi connectivity index (χ0) is 22.9. The van der Waals surface area contributed by atoms with E-state index in [9.17, 15) is 4.79 Å². The average molecular weight is 456 g/mol. The number of hydrogen-bond donors (Lipinski definition) is 1. The van der Waals surface area contributed by atoms with E-state index in [1.54, 1.807) is 14.2 Å². The highest BCUT2D eigenvalue weighted by molar-refractivity contribution is 7.20. The van der Waals surface area contributed by atoms with Crippen LogP contribution >= 0.6 is 11.3 Å². The Kier molecular flexibility index (Phi) is 8.88. The molecule has 172 valence electrons. The monoisotopic (exact) mass is 455 g/mol. The highest BCUT2D eigenvalue weighted by Crippen LogP contribution is 2.37.